The van der Waals surface area contributed by atoms with Crippen LogP contribution in [0.15, 0.2) is 12.1 Å². The third kappa shape index (κ3) is 3.19. The van der Waals surface area contributed by atoms with E-state index in [2.05, 4.69) is 17.5 Å². The van der Waals surface area contributed by atoms with Gasteiger partial charge in [0.15, 0.2) is 11.6 Å². The zero-order chi connectivity index (χ0) is 14.0. The summed E-state index contributed by atoms with van der Waals surface area (Å²) in [7, 11) is 0. The highest BCUT2D eigenvalue weighted by atomic mass is 32.1. The van der Waals surface area contributed by atoms with E-state index in [0.717, 1.165) is 12.8 Å². The predicted molar refractivity (Wildman–Crippen MR) is 74.1 cm³/mol. The standard InChI is InChI=1S/C13H16F2N2OS/c14-11-9(13(16)19)5-6-10(12(11)15)17-7-1-3-8(18)4-2-7/h5-8,17-18H,1-4H2,(H2,16,19). The number of hydrogen-bond acceptors (Lipinski definition) is 3. The third-order valence-electron chi connectivity index (χ3n) is 3.40. The molecule has 3 nitrogen and oxygen atoms in total. The van der Waals surface area contributed by atoms with Gasteiger partial charge in [-0.15, -0.1) is 0 Å². The van der Waals surface area contributed by atoms with E-state index in [4.69, 9.17) is 5.73 Å². The van der Waals surface area contributed by atoms with E-state index in [1.54, 1.807) is 0 Å². The molecule has 0 heterocycles. The van der Waals surface area contributed by atoms with E-state index < -0.39 is 11.6 Å². The van der Waals surface area contributed by atoms with Crippen molar-refractivity contribution in [3.63, 3.8) is 0 Å². The normalized spacial score (nSPS) is 23.1. The second kappa shape index (κ2) is 5.79. The first kappa shape index (κ1) is 14.1. The number of aliphatic hydroxyl groups is 1. The first-order valence-corrected chi connectivity index (χ1v) is 6.62. The van der Waals surface area contributed by atoms with E-state index in [0.29, 0.717) is 12.8 Å². The van der Waals surface area contributed by atoms with Gasteiger partial charge in [-0.2, -0.15) is 0 Å². The number of benzene rings is 1. The van der Waals surface area contributed by atoms with Gasteiger partial charge in [-0.1, -0.05) is 12.2 Å². The fourth-order valence-corrected chi connectivity index (χ4v) is 2.45. The first-order valence-electron chi connectivity index (χ1n) is 6.21. The van der Waals surface area contributed by atoms with Crippen LogP contribution in [0.2, 0.25) is 0 Å². The molecule has 1 aliphatic carbocycles. The van der Waals surface area contributed by atoms with Gasteiger partial charge in [0.05, 0.1) is 11.8 Å². The van der Waals surface area contributed by atoms with Crippen LogP contribution in [0.3, 0.4) is 0 Å². The molecule has 1 aliphatic rings. The average molecular weight is 286 g/mol. The first-order chi connectivity index (χ1) is 8.99. The van der Waals surface area contributed by atoms with E-state index in [1.165, 1.54) is 12.1 Å². The van der Waals surface area contributed by atoms with Gasteiger partial charge < -0.3 is 16.2 Å². The molecule has 2 rings (SSSR count). The lowest BCUT2D eigenvalue weighted by molar-refractivity contribution is 0.126. The van der Waals surface area contributed by atoms with Gasteiger partial charge in [-0.25, -0.2) is 8.78 Å². The maximum absolute atomic E-state index is 13.9. The lowest BCUT2D eigenvalue weighted by Gasteiger charge is -2.27. The maximum atomic E-state index is 13.9. The molecule has 1 aromatic rings. The van der Waals surface area contributed by atoms with Gasteiger partial charge in [-0.05, 0) is 37.8 Å². The van der Waals surface area contributed by atoms with Crippen molar-refractivity contribution < 1.29 is 13.9 Å². The Morgan fingerprint density at radius 1 is 1.21 bits per heavy atom. The molecule has 0 bridgehead atoms. The Balaban J connectivity index is 2.13. The second-order valence-corrected chi connectivity index (χ2v) is 5.24. The highest BCUT2D eigenvalue weighted by Crippen LogP contribution is 2.26. The maximum Gasteiger partial charge on any atom is 0.182 e. The molecule has 104 valence electrons. The smallest absolute Gasteiger partial charge is 0.182 e. The number of anilines is 1. The fourth-order valence-electron chi connectivity index (χ4n) is 2.29. The lowest BCUT2D eigenvalue weighted by Crippen LogP contribution is -2.28. The number of aliphatic hydroxyl groups excluding tert-OH is 1. The summed E-state index contributed by atoms with van der Waals surface area (Å²) < 4.78 is 27.6. The van der Waals surface area contributed by atoms with Crippen molar-refractivity contribution in [3.8, 4) is 0 Å². The number of nitrogens with two attached hydrogens (primary N) is 1. The zero-order valence-electron chi connectivity index (χ0n) is 10.3. The van der Waals surface area contributed by atoms with Crippen molar-refractivity contribution in [2.24, 2.45) is 5.73 Å². The van der Waals surface area contributed by atoms with Crippen LogP contribution in [0.5, 0.6) is 0 Å². The summed E-state index contributed by atoms with van der Waals surface area (Å²) in [6, 6.07) is 2.87. The van der Waals surface area contributed by atoms with Gasteiger partial charge in [0, 0.05) is 11.6 Å². The van der Waals surface area contributed by atoms with Crippen molar-refractivity contribution in [2.45, 2.75) is 37.8 Å². The van der Waals surface area contributed by atoms with E-state index in [-0.39, 0.29) is 28.4 Å². The summed E-state index contributed by atoms with van der Waals surface area (Å²) in [6.45, 7) is 0. The van der Waals surface area contributed by atoms with Gasteiger partial charge in [0.25, 0.3) is 0 Å². The van der Waals surface area contributed by atoms with Crippen LogP contribution >= 0.6 is 12.2 Å². The van der Waals surface area contributed by atoms with Crippen LogP contribution in [-0.4, -0.2) is 22.2 Å². The summed E-state index contributed by atoms with van der Waals surface area (Å²) in [5.41, 5.74) is 5.33. The third-order valence-corrected chi connectivity index (χ3v) is 3.62. The van der Waals surface area contributed by atoms with Crippen molar-refractivity contribution in [1.82, 2.24) is 0 Å². The molecule has 0 aromatic heterocycles. The topological polar surface area (TPSA) is 58.3 Å². The summed E-state index contributed by atoms with van der Waals surface area (Å²) in [5.74, 6) is -1.98. The van der Waals surface area contributed by atoms with Crippen LogP contribution in [-0.2, 0) is 0 Å². The molecule has 0 aliphatic heterocycles. The van der Waals surface area contributed by atoms with Gasteiger partial charge >= 0.3 is 0 Å². The molecule has 4 N–H and O–H groups in total. The SMILES string of the molecule is NC(=S)c1ccc(NC2CCC(O)CC2)c(F)c1F. The Morgan fingerprint density at radius 2 is 1.84 bits per heavy atom. The highest BCUT2D eigenvalue weighted by Gasteiger charge is 2.21. The minimum atomic E-state index is -1.02. The van der Waals surface area contributed by atoms with Crippen LogP contribution in [0.1, 0.15) is 31.2 Å². The molecular weight excluding hydrogens is 270 g/mol. The monoisotopic (exact) mass is 286 g/mol. The molecule has 0 unspecified atom stereocenters. The average Bonchev–Trinajstić information content (AvgIpc) is 2.37. The summed E-state index contributed by atoms with van der Waals surface area (Å²) in [5, 5.41) is 12.4. The molecule has 0 spiro atoms. The molecule has 1 saturated carbocycles. The van der Waals surface area contributed by atoms with Crippen molar-refractivity contribution in [2.75, 3.05) is 5.32 Å². The number of halogens is 2. The second-order valence-electron chi connectivity index (χ2n) is 4.80. The minimum Gasteiger partial charge on any atom is -0.393 e. The van der Waals surface area contributed by atoms with Crippen LogP contribution in [0, 0.1) is 11.6 Å². The number of hydrogen-bond donors (Lipinski definition) is 3. The number of thiocarbonyl (C=S) groups is 1. The number of rotatable bonds is 3. The molecule has 0 amide bonds. The Bertz CT molecular complexity index is 488. The van der Waals surface area contributed by atoms with Crippen molar-refractivity contribution in [3.05, 3.63) is 29.3 Å². The lowest BCUT2D eigenvalue weighted by atomic mass is 9.93. The molecule has 1 fully saturated rings. The van der Waals surface area contributed by atoms with Crippen LogP contribution in [0.25, 0.3) is 0 Å². The molecule has 0 saturated heterocycles. The minimum absolute atomic E-state index is 0.0491. The Labute approximate surface area is 115 Å². The van der Waals surface area contributed by atoms with E-state index in [1.807, 2.05) is 0 Å². The summed E-state index contributed by atoms with van der Waals surface area (Å²) >= 11 is 4.65. The molecule has 19 heavy (non-hydrogen) atoms. The summed E-state index contributed by atoms with van der Waals surface area (Å²) in [6.07, 6.45) is 2.54. The molecule has 0 atom stereocenters. The van der Waals surface area contributed by atoms with Gasteiger partial charge in [-0.3, -0.25) is 0 Å². The summed E-state index contributed by atoms with van der Waals surface area (Å²) in [4.78, 5) is -0.163. The Kier molecular flexibility index (Phi) is 4.31. The Morgan fingerprint density at radius 3 is 2.42 bits per heavy atom. The van der Waals surface area contributed by atoms with Crippen molar-refractivity contribution in [1.29, 1.82) is 0 Å². The molecule has 0 radical (unpaired) electrons. The van der Waals surface area contributed by atoms with Crippen molar-refractivity contribution >= 4 is 22.9 Å². The molecular formula is C13H16F2N2OS. The highest BCUT2D eigenvalue weighted by molar-refractivity contribution is 7.80. The molecule has 1 aromatic carbocycles. The zero-order valence-corrected chi connectivity index (χ0v) is 11.1. The van der Waals surface area contributed by atoms with Crippen LogP contribution in [0.4, 0.5) is 14.5 Å². The molecule has 6 heteroatoms. The van der Waals surface area contributed by atoms with Gasteiger partial charge in [0.1, 0.15) is 4.99 Å². The van der Waals surface area contributed by atoms with Gasteiger partial charge in [0.2, 0.25) is 0 Å². The quantitative estimate of drug-likeness (QED) is 0.746. The number of nitrogens with one attached hydrogen (secondary N) is 1. The van der Waals surface area contributed by atoms with E-state index in [9.17, 15) is 13.9 Å². The van der Waals surface area contributed by atoms with Crippen LogP contribution < -0.4 is 11.1 Å². The van der Waals surface area contributed by atoms with E-state index >= 15 is 0 Å². The Hall–Kier alpha value is -1.27. The fraction of sp³-hybridized carbons (Fsp3) is 0.462. The predicted octanol–water partition coefficient (Wildman–Crippen LogP) is 2.31. The largest absolute Gasteiger partial charge is 0.393 e.